The summed E-state index contributed by atoms with van der Waals surface area (Å²) in [6, 6.07) is 0. The molecule has 4 rings (SSSR count). The van der Waals surface area contributed by atoms with Crippen molar-refractivity contribution in [3.8, 4) is 0 Å². The molecular formula is C46H78O3. The van der Waals surface area contributed by atoms with Gasteiger partial charge < -0.3 is 14.2 Å². The first kappa shape index (κ1) is 40.6. The van der Waals surface area contributed by atoms with E-state index in [0.717, 1.165) is 48.7 Å². The van der Waals surface area contributed by atoms with Crippen molar-refractivity contribution in [3.63, 3.8) is 0 Å². The first-order chi connectivity index (χ1) is 23.8. The maximum absolute atomic E-state index is 7.45. The van der Waals surface area contributed by atoms with Crippen LogP contribution in [0.2, 0.25) is 0 Å². The van der Waals surface area contributed by atoms with E-state index in [9.17, 15) is 0 Å². The highest BCUT2D eigenvalue weighted by molar-refractivity contribution is 5.10. The quantitative estimate of drug-likeness (QED) is 0.0947. The van der Waals surface area contributed by atoms with Crippen molar-refractivity contribution in [1.29, 1.82) is 0 Å². The topological polar surface area (TPSA) is 27.7 Å². The summed E-state index contributed by atoms with van der Waals surface area (Å²) in [4.78, 5) is 0. The van der Waals surface area contributed by atoms with Crippen LogP contribution in [0.4, 0.5) is 0 Å². The van der Waals surface area contributed by atoms with E-state index in [1.807, 2.05) is 12.2 Å². The third kappa shape index (κ3) is 13.1. The predicted octanol–water partition coefficient (Wildman–Crippen LogP) is 12.9. The van der Waals surface area contributed by atoms with Gasteiger partial charge in [0.2, 0.25) is 0 Å². The van der Waals surface area contributed by atoms with Gasteiger partial charge >= 0.3 is 0 Å². The second-order valence-corrected chi connectivity index (χ2v) is 17.5. The van der Waals surface area contributed by atoms with Crippen molar-refractivity contribution in [3.05, 3.63) is 49.6 Å². The standard InChI is InChI=1S/C46H78O3/c1-7-31-45(5,43-27-23-39(24-28-43)13-11-37-15-19-41(20-16-37)35-47-33-9-3)49-46(6,32-8-2)44-29-25-40(26-30-44)14-12-38-17-21-42(22-18-38)36-48-34-10-4/h7-10,31-32,37-44H,3-4,11-30,33-36H2,1-2,5-6H3. The average Bonchev–Trinajstić information content (AvgIpc) is 3.12. The van der Waals surface area contributed by atoms with Crippen LogP contribution in [-0.2, 0) is 14.2 Å². The van der Waals surface area contributed by atoms with Crippen LogP contribution in [0.5, 0.6) is 0 Å². The zero-order valence-corrected chi connectivity index (χ0v) is 32.7. The molecule has 0 aromatic heterocycles. The molecule has 0 bridgehead atoms. The van der Waals surface area contributed by atoms with Crippen molar-refractivity contribution >= 4 is 0 Å². The predicted molar refractivity (Wildman–Crippen MR) is 210 cm³/mol. The molecule has 0 saturated heterocycles. The van der Waals surface area contributed by atoms with E-state index in [0.29, 0.717) is 25.0 Å². The molecule has 4 fully saturated rings. The fourth-order valence-corrected chi connectivity index (χ4v) is 10.6. The molecule has 0 aliphatic heterocycles. The van der Waals surface area contributed by atoms with Crippen molar-refractivity contribution in [2.75, 3.05) is 26.4 Å². The number of rotatable bonds is 20. The largest absolute Gasteiger partial charge is 0.377 e. The molecule has 49 heavy (non-hydrogen) atoms. The van der Waals surface area contributed by atoms with E-state index in [-0.39, 0.29) is 11.2 Å². The highest BCUT2D eigenvalue weighted by Gasteiger charge is 2.44. The minimum atomic E-state index is -0.202. The van der Waals surface area contributed by atoms with E-state index >= 15 is 0 Å². The molecule has 0 radical (unpaired) electrons. The van der Waals surface area contributed by atoms with Crippen LogP contribution >= 0.6 is 0 Å². The second-order valence-electron chi connectivity index (χ2n) is 17.5. The Morgan fingerprint density at radius 3 is 1.04 bits per heavy atom. The number of hydrogen-bond acceptors (Lipinski definition) is 3. The number of allylic oxidation sites excluding steroid dienone is 2. The molecule has 0 spiro atoms. The van der Waals surface area contributed by atoms with E-state index in [4.69, 9.17) is 14.2 Å². The summed E-state index contributed by atoms with van der Waals surface area (Å²) in [6.07, 6.45) is 40.6. The van der Waals surface area contributed by atoms with Crippen molar-refractivity contribution in [1.82, 2.24) is 0 Å². The first-order valence-corrected chi connectivity index (χ1v) is 21.2. The monoisotopic (exact) mass is 679 g/mol. The van der Waals surface area contributed by atoms with Crippen LogP contribution in [-0.4, -0.2) is 37.6 Å². The van der Waals surface area contributed by atoms with Gasteiger partial charge in [-0.3, -0.25) is 0 Å². The van der Waals surface area contributed by atoms with Crippen LogP contribution in [0.15, 0.2) is 49.6 Å². The summed E-state index contributed by atoms with van der Waals surface area (Å²) in [5.41, 5.74) is -0.404. The Kier molecular flexibility index (Phi) is 17.7. The molecule has 2 atom stereocenters. The Morgan fingerprint density at radius 1 is 0.469 bits per heavy atom. The van der Waals surface area contributed by atoms with E-state index in [2.05, 4.69) is 65.2 Å². The summed E-state index contributed by atoms with van der Waals surface area (Å²) in [5, 5.41) is 0. The SMILES string of the molecule is C=CCOCC1CCC(CCC2CCC(C(C)(C=CC)OC(C)(C=CC)C3CCC(CCC4CCC(COCC=C)CC4)CC3)CC2)CC1. The van der Waals surface area contributed by atoms with Gasteiger partial charge in [-0.2, -0.15) is 0 Å². The first-order valence-electron chi connectivity index (χ1n) is 21.2. The maximum atomic E-state index is 7.45. The Hall–Kier alpha value is -1.16. The van der Waals surface area contributed by atoms with Gasteiger partial charge in [-0.05, 0) is 126 Å². The molecule has 2 unspecified atom stereocenters. The van der Waals surface area contributed by atoms with Crippen LogP contribution in [0.3, 0.4) is 0 Å². The van der Waals surface area contributed by atoms with Crippen LogP contribution in [0, 0.1) is 47.3 Å². The van der Waals surface area contributed by atoms with Crippen LogP contribution in [0.25, 0.3) is 0 Å². The average molecular weight is 679 g/mol. The molecule has 4 saturated carbocycles. The molecule has 0 heterocycles. The van der Waals surface area contributed by atoms with Gasteiger partial charge in [-0.15, -0.1) is 13.2 Å². The summed E-state index contributed by atoms with van der Waals surface area (Å²) in [5.74, 6) is 6.45. The highest BCUT2D eigenvalue weighted by atomic mass is 16.5. The van der Waals surface area contributed by atoms with Crippen LogP contribution < -0.4 is 0 Å². The van der Waals surface area contributed by atoms with Crippen LogP contribution in [0.1, 0.15) is 156 Å². The minimum absolute atomic E-state index is 0.202. The minimum Gasteiger partial charge on any atom is -0.377 e. The molecule has 0 amide bonds. The number of ether oxygens (including phenoxy) is 3. The summed E-state index contributed by atoms with van der Waals surface area (Å²) < 4.78 is 18.9. The number of hydrogen-bond donors (Lipinski definition) is 0. The van der Waals surface area contributed by atoms with Gasteiger partial charge in [-0.25, -0.2) is 0 Å². The molecule has 0 aromatic carbocycles. The summed E-state index contributed by atoms with van der Waals surface area (Å²) >= 11 is 0. The lowest BCUT2D eigenvalue weighted by Crippen LogP contribution is -2.49. The van der Waals surface area contributed by atoms with Gasteiger partial charge in [0.05, 0.1) is 24.4 Å². The summed E-state index contributed by atoms with van der Waals surface area (Å²) in [7, 11) is 0. The van der Waals surface area contributed by atoms with Gasteiger partial charge in [0, 0.05) is 13.2 Å². The smallest absolute Gasteiger partial charge is 0.0874 e. The molecule has 3 nitrogen and oxygen atoms in total. The molecule has 280 valence electrons. The lowest BCUT2D eigenvalue weighted by atomic mass is 9.69. The van der Waals surface area contributed by atoms with E-state index in [1.165, 1.54) is 128 Å². The van der Waals surface area contributed by atoms with Gasteiger partial charge in [-0.1, -0.05) is 114 Å². The van der Waals surface area contributed by atoms with Crippen molar-refractivity contribution < 1.29 is 14.2 Å². The zero-order chi connectivity index (χ0) is 35.0. The zero-order valence-electron chi connectivity index (χ0n) is 32.7. The second kappa shape index (κ2) is 21.4. The Labute approximate surface area is 304 Å². The highest BCUT2D eigenvalue weighted by Crippen LogP contribution is 2.47. The maximum Gasteiger partial charge on any atom is 0.0874 e. The lowest BCUT2D eigenvalue weighted by molar-refractivity contribution is -0.155. The third-order valence-corrected chi connectivity index (χ3v) is 13.8. The van der Waals surface area contributed by atoms with E-state index < -0.39 is 0 Å². The Balaban J connectivity index is 1.19. The Morgan fingerprint density at radius 2 is 0.755 bits per heavy atom. The molecule has 0 N–H and O–H groups in total. The fraction of sp³-hybridized carbons (Fsp3) is 0.826. The normalized spacial score (nSPS) is 34.0. The lowest BCUT2D eigenvalue weighted by Gasteiger charge is -2.48. The van der Waals surface area contributed by atoms with Gasteiger partial charge in [0.15, 0.2) is 0 Å². The Bertz CT molecular complexity index is 890. The van der Waals surface area contributed by atoms with Crippen molar-refractivity contribution in [2.45, 2.75) is 167 Å². The summed E-state index contributed by atoms with van der Waals surface area (Å²) in [6.45, 7) is 20.0. The third-order valence-electron chi connectivity index (χ3n) is 13.8. The van der Waals surface area contributed by atoms with Gasteiger partial charge in [0.25, 0.3) is 0 Å². The van der Waals surface area contributed by atoms with Gasteiger partial charge in [0.1, 0.15) is 0 Å². The fourth-order valence-electron chi connectivity index (χ4n) is 10.6. The molecule has 4 aliphatic carbocycles. The molecule has 4 aliphatic rings. The molecular weight excluding hydrogens is 601 g/mol. The molecule has 0 aromatic rings. The van der Waals surface area contributed by atoms with Crippen molar-refractivity contribution in [2.24, 2.45) is 47.3 Å². The molecule has 3 heteroatoms. The van der Waals surface area contributed by atoms with E-state index in [1.54, 1.807) is 0 Å².